The van der Waals surface area contributed by atoms with E-state index in [0.29, 0.717) is 17.5 Å². The van der Waals surface area contributed by atoms with Gasteiger partial charge < -0.3 is 10.4 Å². The molecule has 4 nitrogen and oxygen atoms in total. The van der Waals surface area contributed by atoms with Crippen molar-refractivity contribution in [3.05, 3.63) is 59.7 Å². The van der Waals surface area contributed by atoms with Crippen LogP contribution < -0.4 is 5.32 Å². The molecular weight excluding hydrogens is 320 g/mol. The molecule has 0 saturated heterocycles. The van der Waals surface area contributed by atoms with Crippen molar-refractivity contribution in [2.45, 2.75) is 12.5 Å². The molecule has 0 radical (unpaired) electrons. The van der Waals surface area contributed by atoms with Crippen LogP contribution in [-0.4, -0.2) is 35.7 Å². The fourth-order valence-corrected chi connectivity index (χ4v) is 3.20. The zero-order valence-corrected chi connectivity index (χ0v) is 14.3. The molecule has 124 valence electrons. The van der Waals surface area contributed by atoms with Gasteiger partial charge in [0.25, 0.3) is 5.91 Å². The quantitative estimate of drug-likeness (QED) is 0.812. The van der Waals surface area contributed by atoms with Crippen LogP contribution in [0.3, 0.4) is 0 Å². The molecular formula is C19H20N2O2S. The fourth-order valence-electron chi connectivity index (χ4n) is 2.55. The third-order valence-corrected chi connectivity index (χ3v) is 4.43. The van der Waals surface area contributed by atoms with Gasteiger partial charge in [-0.15, -0.1) is 0 Å². The molecule has 0 heterocycles. The summed E-state index contributed by atoms with van der Waals surface area (Å²) in [5, 5.41) is 21.4. The summed E-state index contributed by atoms with van der Waals surface area (Å²) in [4.78, 5) is 12.7. The molecule has 0 fully saturated rings. The molecule has 24 heavy (non-hydrogen) atoms. The second-order valence-corrected chi connectivity index (χ2v) is 6.25. The Labute approximate surface area is 146 Å². The molecule has 0 aliphatic heterocycles. The molecule has 2 aromatic rings. The monoisotopic (exact) mass is 340 g/mol. The molecule has 2 aromatic carbocycles. The third-order valence-electron chi connectivity index (χ3n) is 3.69. The second-order valence-electron chi connectivity index (χ2n) is 5.34. The third kappa shape index (κ3) is 4.38. The molecule has 1 unspecified atom stereocenters. The number of carbonyl (C=O) groups excluding carboxylic acids is 1. The lowest BCUT2D eigenvalue weighted by Gasteiger charge is -2.18. The van der Waals surface area contributed by atoms with Crippen LogP contribution in [-0.2, 0) is 0 Å². The van der Waals surface area contributed by atoms with E-state index in [2.05, 4.69) is 11.4 Å². The van der Waals surface area contributed by atoms with Crippen LogP contribution in [0.15, 0.2) is 48.5 Å². The van der Waals surface area contributed by atoms with Gasteiger partial charge in [-0.3, -0.25) is 4.79 Å². The first-order valence-corrected chi connectivity index (χ1v) is 9.09. The largest absolute Gasteiger partial charge is 0.396 e. The summed E-state index contributed by atoms with van der Waals surface area (Å²) >= 11 is 1.62. The highest BCUT2D eigenvalue weighted by molar-refractivity contribution is 7.98. The minimum absolute atomic E-state index is 0.0322. The fraction of sp³-hybridized carbons (Fsp3) is 0.263. The highest BCUT2D eigenvalue weighted by Crippen LogP contribution is 2.27. The summed E-state index contributed by atoms with van der Waals surface area (Å²) in [5.74, 6) is 0.550. The number of hydrogen-bond acceptors (Lipinski definition) is 4. The molecule has 0 bridgehead atoms. The number of amides is 1. The number of nitriles is 1. The van der Waals surface area contributed by atoms with Crippen LogP contribution in [0.1, 0.15) is 22.3 Å². The van der Waals surface area contributed by atoms with Gasteiger partial charge in [-0.05, 0) is 30.4 Å². The number of hydrogen-bond donors (Lipinski definition) is 2. The van der Waals surface area contributed by atoms with Crippen molar-refractivity contribution in [3.63, 3.8) is 0 Å². The van der Waals surface area contributed by atoms with E-state index in [1.807, 2.05) is 36.6 Å². The first kappa shape index (κ1) is 18.1. The second kappa shape index (κ2) is 9.11. The molecule has 2 rings (SSSR count). The summed E-state index contributed by atoms with van der Waals surface area (Å²) in [6, 6.07) is 16.6. The lowest BCUT2D eigenvalue weighted by Crippen LogP contribution is -2.37. The van der Waals surface area contributed by atoms with Gasteiger partial charge in [0.1, 0.15) is 0 Å². The predicted octanol–water partition coefficient (Wildman–Crippen LogP) is 3.07. The Bertz CT molecular complexity index is 734. The first-order chi connectivity index (χ1) is 11.7. The van der Waals surface area contributed by atoms with E-state index < -0.39 is 0 Å². The zero-order chi connectivity index (χ0) is 17.4. The Balaban J connectivity index is 2.35. The van der Waals surface area contributed by atoms with Gasteiger partial charge in [0.15, 0.2) is 0 Å². The number of nitrogens with zero attached hydrogens (tertiary/aromatic N) is 1. The molecule has 0 aliphatic carbocycles. The van der Waals surface area contributed by atoms with E-state index in [0.717, 1.165) is 16.9 Å². The number of aliphatic hydroxyl groups excluding tert-OH is 1. The van der Waals surface area contributed by atoms with Crippen LogP contribution in [0, 0.1) is 11.3 Å². The van der Waals surface area contributed by atoms with Crippen LogP contribution in [0.2, 0.25) is 0 Å². The molecule has 1 amide bonds. The Morgan fingerprint density at radius 1 is 1.21 bits per heavy atom. The smallest absolute Gasteiger partial charge is 0.252 e. The van der Waals surface area contributed by atoms with Crippen molar-refractivity contribution in [1.29, 1.82) is 5.26 Å². The van der Waals surface area contributed by atoms with Crippen molar-refractivity contribution in [2.75, 3.05) is 18.6 Å². The number of benzene rings is 2. The number of rotatable bonds is 7. The minimum Gasteiger partial charge on any atom is -0.396 e. The lowest BCUT2D eigenvalue weighted by molar-refractivity contribution is 0.0936. The maximum absolute atomic E-state index is 12.7. The summed E-state index contributed by atoms with van der Waals surface area (Å²) in [6.07, 6.45) is 2.48. The normalized spacial score (nSPS) is 11.5. The molecule has 5 heteroatoms. The van der Waals surface area contributed by atoms with Crippen LogP contribution in [0.4, 0.5) is 0 Å². The first-order valence-electron chi connectivity index (χ1n) is 7.70. The van der Waals surface area contributed by atoms with Gasteiger partial charge in [0, 0.05) is 29.5 Å². The molecule has 0 spiro atoms. The molecule has 0 aliphatic rings. The maximum Gasteiger partial charge on any atom is 0.252 e. The summed E-state index contributed by atoms with van der Waals surface area (Å²) in [6.45, 7) is 0.0322. The van der Waals surface area contributed by atoms with Crippen molar-refractivity contribution < 1.29 is 9.90 Å². The molecule has 1 atom stereocenters. The average molecular weight is 340 g/mol. The molecule has 2 N–H and O–H groups in total. The Hall–Kier alpha value is -2.29. The van der Waals surface area contributed by atoms with Crippen molar-refractivity contribution in [1.82, 2.24) is 5.32 Å². The van der Waals surface area contributed by atoms with Crippen molar-refractivity contribution in [3.8, 4) is 17.2 Å². The Morgan fingerprint density at radius 3 is 2.54 bits per heavy atom. The zero-order valence-electron chi connectivity index (χ0n) is 13.5. The van der Waals surface area contributed by atoms with Gasteiger partial charge in [-0.1, -0.05) is 36.4 Å². The summed E-state index contributed by atoms with van der Waals surface area (Å²) in [5.41, 5.74) is 2.55. The molecule has 0 aromatic heterocycles. The van der Waals surface area contributed by atoms with E-state index >= 15 is 0 Å². The van der Waals surface area contributed by atoms with Gasteiger partial charge >= 0.3 is 0 Å². The van der Waals surface area contributed by atoms with Crippen molar-refractivity contribution in [2.24, 2.45) is 0 Å². The van der Waals surface area contributed by atoms with E-state index in [1.165, 1.54) is 0 Å². The topological polar surface area (TPSA) is 73.1 Å². The number of carbonyl (C=O) groups is 1. The summed E-state index contributed by atoms with van der Waals surface area (Å²) in [7, 11) is 0. The average Bonchev–Trinajstić information content (AvgIpc) is 2.62. The Morgan fingerprint density at radius 2 is 1.88 bits per heavy atom. The predicted molar refractivity (Wildman–Crippen MR) is 97.9 cm³/mol. The number of nitrogens with one attached hydrogen (secondary N) is 1. The van der Waals surface area contributed by atoms with E-state index in [1.54, 1.807) is 30.0 Å². The van der Waals surface area contributed by atoms with Crippen LogP contribution >= 0.6 is 11.8 Å². The number of thioether (sulfide) groups is 1. The lowest BCUT2D eigenvalue weighted by atomic mass is 9.95. The van der Waals surface area contributed by atoms with E-state index in [4.69, 9.17) is 5.11 Å². The van der Waals surface area contributed by atoms with Gasteiger partial charge in [0.05, 0.1) is 11.6 Å². The standard InChI is InChI=1S/C19H20N2O2S/c1-24-13-15(10-11-22)21-19(23)18-9-5-4-8-17(18)16-7-3-2-6-14(16)12-20/h2-9,15,22H,10-11,13H2,1H3,(H,21,23). The maximum atomic E-state index is 12.7. The van der Waals surface area contributed by atoms with Crippen molar-refractivity contribution >= 4 is 17.7 Å². The van der Waals surface area contributed by atoms with E-state index in [9.17, 15) is 10.1 Å². The van der Waals surface area contributed by atoms with Gasteiger partial charge in [0.2, 0.25) is 0 Å². The summed E-state index contributed by atoms with van der Waals surface area (Å²) < 4.78 is 0. The van der Waals surface area contributed by atoms with Crippen LogP contribution in [0.5, 0.6) is 0 Å². The minimum atomic E-state index is -0.189. The highest BCUT2D eigenvalue weighted by Gasteiger charge is 2.17. The van der Waals surface area contributed by atoms with Gasteiger partial charge in [-0.25, -0.2) is 0 Å². The Kier molecular flexibility index (Phi) is 6.86. The van der Waals surface area contributed by atoms with Gasteiger partial charge in [-0.2, -0.15) is 17.0 Å². The number of aliphatic hydroxyl groups is 1. The highest BCUT2D eigenvalue weighted by atomic mass is 32.2. The molecule has 0 saturated carbocycles. The SMILES string of the molecule is CSCC(CCO)NC(=O)c1ccccc1-c1ccccc1C#N. The van der Waals surface area contributed by atoms with E-state index in [-0.39, 0.29) is 18.6 Å². The van der Waals surface area contributed by atoms with Crippen LogP contribution in [0.25, 0.3) is 11.1 Å².